The van der Waals surface area contributed by atoms with Crippen molar-refractivity contribution in [1.29, 1.82) is 0 Å². The van der Waals surface area contributed by atoms with Gasteiger partial charge in [0.15, 0.2) is 5.95 Å². The molecule has 0 unspecified atom stereocenters. The Labute approximate surface area is 402 Å². The van der Waals surface area contributed by atoms with Gasteiger partial charge in [0.25, 0.3) is 0 Å². The van der Waals surface area contributed by atoms with Gasteiger partial charge in [0, 0.05) is 65.3 Å². The molecule has 5 rings (SSSR count). The first-order chi connectivity index (χ1) is 31.3. The average molecular weight is 963 g/mol. The van der Waals surface area contributed by atoms with Gasteiger partial charge in [0.1, 0.15) is 11.4 Å². The molecule has 0 aliphatic heterocycles. The first-order valence-electron chi connectivity index (χ1n) is 21.7. The third kappa shape index (κ3) is 25.5. The molecule has 5 aromatic rings. The number of thioether (sulfide) groups is 2. The topological polar surface area (TPSA) is 250 Å². The lowest BCUT2D eigenvalue weighted by Crippen LogP contribution is -2.27. The molecule has 0 bridgehead atoms. The Balaban J connectivity index is 0.000000356. The molecule has 1 amide bonds. The third-order valence-electron chi connectivity index (χ3n) is 8.94. The average Bonchev–Trinajstić information content (AvgIpc) is 4.03. The SMILES string of the molecule is C#CCCCCCc1cn(C(=O)OC(C)(C)C)c(N)n1.Cl.Nc1ncc(CCCCCc2cn(CCCC(=O)CSc3ccccc3)nn2)[nH]1.[N-]=[N+]=NCCNC(=O)CSc1ccccc1. The molecule has 2 aromatic carbocycles. The van der Waals surface area contributed by atoms with Gasteiger partial charge in [-0.1, -0.05) is 59.6 Å². The summed E-state index contributed by atoms with van der Waals surface area (Å²) in [6.45, 7) is 6.84. The molecule has 0 radical (unpaired) electrons. The Morgan fingerprint density at radius 2 is 1.53 bits per heavy atom. The first-order valence-corrected chi connectivity index (χ1v) is 23.7. The maximum atomic E-state index is 12.0. The van der Waals surface area contributed by atoms with E-state index in [1.807, 2.05) is 92.3 Å². The number of hydrogen-bond donors (Lipinski definition) is 4. The highest BCUT2D eigenvalue weighted by Gasteiger charge is 2.20. The zero-order valence-electron chi connectivity index (χ0n) is 38.1. The number of azide groups is 1. The van der Waals surface area contributed by atoms with Crippen LogP contribution in [0.25, 0.3) is 10.4 Å². The highest BCUT2D eigenvalue weighted by atomic mass is 35.5. The number of hydrogen-bond acceptors (Lipinski definition) is 13. The Bertz CT molecular complexity index is 2230. The standard InChI is InChI=1S/C21H28N6OS.C15H23N3O2.C10H12N4OS.ClH/c22-21-23-14-17(24-21)8-3-1-4-9-18-15-27(26-25-18)13-7-10-19(28)16-29-20-11-5-2-6-12-20;1-5-6-7-8-9-10-12-11-18(13(16)17-12)14(19)20-15(2,3)4;11-14-13-7-6-12-10(15)8-16-9-4-2-1-3-5-9;/h2,5-6,11-12,14-15H,1,3-4,7-10,13,16H2,(H3,22,23,24);1,11H,6-10H2,2-4H3,(H2,16,17);1-5H,6-8H2,(H,12,15);1H. The molecule has 66 heavy (non-hydrogen) atoms. The van der Waals surface area contributed by atoms with Crippen LogP contribution in [0.5, 0.6) is 0 Å². The van der Waals surface area contributed by atoms with Crippen LogP contribution < -0.4 is 16.8 Å². The summed E-state index contributed by atoms with van der Waals surface area (Å²) in [5.41, 5.74) is 21.7. The first kappa shape index (κ1) is 56.2. The van der Waals surface area contributed by atoms with Crippen LogP contribution in [0.1, 0.15) is 95.6 Å². The molecule has 0 spiro atoms. The van der Waals surface area contributed by atoms with Crippen LogP contribution in [0, 0.1) is 12.3 Å². The molecule has 0 atom stereocenters. The predicted molar refractivity (Wildman–Crippen MR) is 266 cm³/mol. The van der Waals surface area contributed by atoms with Gasteiger partial charge in [-0.2, -0.15) is 0 Å². The van der Waals surface area contributed by atoms with Crippen molar-refractivity contribution >= 4 is 65.6 Å². The normalized spacial score (nSPS) is 10.5. The molecule has 0 saturated heterocycles. The number of Topliss-reactive ketones (excluding diaryl/α,β-unsaturated/α-hetero) is 1. The number of nitrogens with one attached hydrogen (secondary N) is 2. The number of aromatic amines is 1. The summed E-state index contributed by atoms with van der Waals surface area (Å²) < 4.78 is 8.36. The summed E-state index contributed by atoms with van der Waals surface area (Å²) in [5, 5.41) is 14.4. The molecule has 0 aliphatic rings. The molecule has 356 valence electrons. The quantitative estimate of drug-likeness (QED) is 0.0113. The molecule has 3 aromatic heterocycles. The fourth-order valence-electron chi connectivity index (χ4n) is 5.79. The van der Waals surface area contributed by atoms with Crippen LogP contribution in [-0.2, 0) is 40.1 Å². The molecular weight excluding hydrogens is 898 g/mol. The minimum atomic E-state index is -0.552. The van der Waals surface area contributed by atoms with Crippen LogP contribution in [-0.4, -0.2) is 82.5 Å². The maximum Gasteiger partial charge on any atom is 0.421 e. The Kier molecular flexibility index (Phi) is 27.8. The van der Waals surface area contributed by atoms with Crippen molar-refractivity contribution in [3.63, 3.8) is 0 Å². The van der Waals surface area contributed by atoms with Crippen LogP contribution >= 0.6 is 35.9 Å². The van der Waals surface area contributed by atoms with Gasteiger partial charge in [0.2, 0.25) is 11.9 Å². The summed E-state index contributed by atoms with van der Waals surface area (Å²) in [6, 6.07) is 19.7. The number of nitrogens with zero attached hydrogens (tertiary/aromatic N) is 9. The number of carbonyl (C=O) groups excluding carboxylic acids is 3. The Hall–Kier alpha value is -5.93. The number of aromatic nitrogens is 7. The van der Waals surface area contributed by atoms with Crippen LogP contribution in [0.3, 0.4) is 0 Å². The Morgan fingerprint density at radius 3 is 2.15 bits per heavy atom. The number of ether oxygens (including phenoxy) is 1. The highest BCUT2D eigenvalue weighted by Crippen LogP contribution is 2.19. The zero-order chi connectivity index (χ0) is 47.1. The number of anilines is 2. The smallest absolute Gasteiger partial charge is 0.421 e. The molecule has 0 fully saturated rings. The number of imidazole rings is 2. The van der Waals surface area contributed by atoms with E-state index in [9.17, 15) is 14.4 Å². The number of benzene rings is 2. The van der Waals surface area contributed by atoms with Gasteiger partial charge < -0.3 is 26.5 Å². The van der Waals surface area contributed by atoms with Gasteiger partial charge in [-0.15, -0.1) is 53.4 Å². The molecule has 3 heterocycles. The van der Waals surface area contributed by atoms with E-state index in [0.29, 0.717) is 30.4 Å². The number of ketones is 1. The van der Waals surface area contributed by atoms with Crippen molar-refractivity contribution < 1.29 is 19.1 Å². The third-order valence-corrected chi connectivity index (χ3v) is 11.0. The zero-order valence-corrected chi connectivity index (χ0v) is 40.6. The van der Waals surface area contributed by atoms with E-state index in [1.54, 1.807) is 24.2 Å². The van der Waals surface area contributed by atoms with Gasteiger partial charge in [0.05, 0.1) is 29.1 Å². The van der Waals surface area contributed by atoms with E-state index in [1.165, 1.54) is 16.3 Å². The number of carbonyl (C=O) groups is 3. The van der Waals surface area contributed by atoms with Gasteiger partial charge in [-0.25, -0.2) is 19.3 Å². The lowest BCUT2D eigenvalue weighted by molar-refractivity contribution is -0.118. The second kappa shape index (κ2) is 32.7. The molecule has 0 aliphatic carbocycles. The second-order valence-corrected chi connectivity index (χ2v) is 17.8. The van der Waals surface area contributed by atoms with Gasteiger partial charge in [-0.05, 0) is 102 Å². The summed E-state index contributed by atoms with van der Waals surface area (Å²) >= 11 is 3.07. The molecule has 6 N–H and O–H groups in total. The maximum absolute atomic E-state index is 12.0. The van der Waals surface area contributed by atoms with Crippen molar-refractivity contribution in [1.82, 2.24) is 39.8 Å². The summed E-state index contributed by atoms with van der Waals surface area (Å²) in [6.07, 6.45) is 21.3. The largest absolute Gasteiger partial charge is 0.443 e. The number of amides is 1. The summed E-state index contributed by atoms with van der Waals surface area (Å²) in [4.78, 5) is 51.3. The second-order valence-electron chi connectivity index (χ2n) is 15.7. The van der Waals surface area contributed by atoms with Crippen molar-refractivity contribution in [2.75, 3.05) is 36.1 Å². The monoisotopic (exact) mass is 961 g/mol. The minimum absolute atomic E-state index is 0. The van der Waals surface area contributed by atoms with Crippen molar-refractivity contribution in [2.24, 2.45) is 5.11 Å². The van der Waals surface area contributed by atoms with Crippen molar-refractivity contribution in [3.8, 4) is 12.3 Å². The number of aryl methyl sites for hydroxylation is 4. The lowest BCUT2D eigenvalue weighted by Gasteiger charge is -2.19. The fourth-order valence-corrected chi connectivity index (χ4v) is 7.37. The van der Waals surface area contributed by atoms with E-state index in [-0.39, 0.29) is 36.6 Å². The van der Waals surface area contributed by atoms with Crippen LogP contribution in [0.2, 0.25) is 0 Å². The molecular formula is C46H64ClN13O4S2. The van der Waals surface area contributed by atoms with Gasteiger partial charge >= 0.3 is 6.09 Å². The number of rotatable bonds is 24. The number of nitrogen functional groups attached to an aromatic ring is 2. The summed E-state index contributed by atoms with van der Waals surface area (Å²) in [7, 11) is 0. The minimum Gasteiger partial charge on any atom is -0.443 e. The van der Waals surface area contributed by atoms with E-state index in [0.717, 1.165) is 104 Å². The molecule has 17 nitrogen and oxygen atoms in total. The predicted octanol–water partition coefficient (Wildman–Crippen LogP) is 9.29. The van der Waals surface area contributed by atoms with Crippen LogP contribution in [0.4, 0.5) is 16.7 Å². The van der Waals surface area contributed by atoms with Crippen molar-refractivity contribution in [3.05, 3.63) is 107 Å². The lowest BCUT2D eigenvalue weighted by atomic mass is 10.1. The Morgan fingerprint density at radius 1 is 0.894 bits per heavy atom. The fraction of sp³-hybridized carbons (Fsp3) is 0.457. The van der Waals surface area contributed by atoms with E-state index >= 15 is 0 Å². The number of nitrogens with two attached hydrogens (primary N) is 2. The van der Waals surface area contributed by atoms with Crippen LogP contribution in [0.15, 0.2) is 94.2 Å². The van der Waals surface area contributed by atoms with Gasteiger partial charge in [-0.3, -0.25) is 14.3 Å². The highest BCUT2D eigenvalue weighted by molar-refractivity contribution is 8.00. The number of H-pyrrole nitrogens is 1. The number of terminal acetylenes is 1. The van der Waals surface area contributed by atoms with E-state index in [2.05, 4.69) is 46.5 Å². The number of halogens is 1. The van der Waals surface area contributed by atoms with E-state index in [4.69, 9.17) is 28.2 Å². The molecule has 20 heteroatoms. The van der Waals surface area contributed by atoms with Crippen molar-refractivity contribution in [2.45, 2.75) is 120 Å². The summed E-state index contributed by atoms with van der Waals surface area (Å²) in [5.74, 6) is 4.38. The molecule has 0 saturated carbocycles. The van der Waals surface area contributed by atoms with E-state index < -0.39 is 11.7 Å². The number of unbranched alkanes of at least 4 members (excludes halogenated alkanes) is 5.